The van der Waals surface area contributed by atoms with Crippen LogP contribution in [0.3, 0.4) is 0 Å². The number of fused-ring (bicyclic) bond motifs is 2. The molecule has 0 bridgehead atoms. The van der Waals surface area contributed by atoms with Crippen LogP contribution in [0.1, 0.15) is 0 Å². The first-order valence-corrected chi connectivity index (χ1v) is 10.9. The van der Waals surface area contributed by atoms with Crippen molar-refractivity contribution >= 4 is 19.9 Å². The van der Waals surface area contributed by atoms with Gasteiger partial charge in [-0.3, -0.25) is 0 Å². The summed E-state index contributed by atoms with van der Waals surface area (Å²) in [5, 5.41) is 0. The number of benzene rings is 1. The Hall–Kier alpha value is -1.36. The van der Waals surface area contributed by atoms with Gasteiger partial charge in [0.1, 0.15) is 13.2 Å². The van der Waals surface area contributed by atoms with Crippen LogP contribution < -0.4 is 9.47 Å². The van der Waals surface area contributed by atoms with E-state index in [2.05, 4.69) is 0 Å². The molecule has 0 aromatic heterocycles. The molecule has 4 rings (SSSR count). The van der Waals surface area contributed by atoms with Gasteiger partial charge in [0.15, 0.2) is 21.3 Å². The molecule has 0 aliphatic carbocycles. The summed E-state index contributed by atoms with van der Waals surface area (Å²) in [5.74, 6) is 0.543. The Kier molecular flexibility index (Phi) is 3.75. The van der Waals surface area contributed by atoms with Crippen molar-refractivity contribution in [3.63, 3.8) is 0 Å². The van der Waals surface area contributed by atoms with E-state index in [9.17, 15) is 16.8 Å². The molecule has 2 atom stereocenters. The predicted molar refractivity (Wildman–Crippen MR) is 83.5 cm³/mol. The summed E-state index contributed by atoms with van der Waals surface area (Å²) in [6.07, 6.45) is -0.601. The molecule has 1 aromatic carbocycles. The molecular formula is C14H17NO7S2. The maximum Gasteiger partial charge on any atom is 0.243 e. The third-order valence-electron chi connectivity index (χ3n) is 4.41. The zero-order valence-electron chi connectivity index (χ0n) is 12.8. The van der Waals surface area contributed by atoms with Gasteiger partial charge >= 0.3 is 0 Å². The maximum absolute atomic E-state index is 13.0. The minimum Gasteiger partial charge on any atom is -0.486 e. The van der Waals surface area contributed by atoms with Gasteiger partial charge in [-0.1, -0.05) is 0 Å². The van der Waals surface area contributed by atoms with Crippen molar-refractivity contribution in [2.24, 2.45) is 0 Å². The van der Waals surface area contributed by atoms with Crippen molar-refractivity contribution in [1.29, 1.82) is 0 Å². The van der Waals surface area contributed by atoms with E-state index < -0.39 is 32.0 Å². The lowest BCUT2D eigenvalue weighted by Gasteiger charge is -2.35. The second kappa shape index (κ2) is 5.58. The van der Waals surface area contributed by atoms with Crippen LogP contribution in [0.2, 0.25) is 0 Å². The molecule has 2 unspecified atom stereocenters. The molecule has 0 amide bonds. The number of hydrogen-bond donors (Lipinski definition) is 0. The molecule has 3 aliphatic heterocycles. The average Bonchev–Trinajstić information content (AvgIpc) is 2.87. The van der Waals surface area contributed by atoms with E-state index >= 15 is 0 Å². The zero-order chi connectivity index (χ0) is 16.9. The summed E-state index contributed by atoms with van der Waals surface area (Å²) in [7, 11) is -7.14. The predicted octanol–water partition coefficient (Wildman–Crippen LogP) is -0.356. The topological polar surface area (TPSA) is 99.2 Å². The minimum absolute atomic E-state index is 0.0664. The molecule has 8 nitrogen and oxygen atoms in total. The van der Waals surface area contributed by atoms with E-state index in [0.29, 0.717) is 24.7 Å². The first-order valence-electron chi connectivity index (χ1n) is 7.60. The highest BCUT2D eigenvalue weighted by Crippen LogP contribution is 2.35. The zero-order valence-corrected chi connectivity index (χ0v) is 14.4. The molecule has 0 spiro atoms. The largest absolute Gasteiger partial charge is 0.486 e. The fourth-order valence-corrected chi connectivity index (χ4v) is 6.92. The Morgan fingerprint density at radius 1 is 1.04 bits per heavy atom. The minimum atomic E-state index is -3.85. The van der Waals surface area contributed by atoms with E-state index in [1.54, 1.807) is 6.07 Å². The summed E-state index contributed by atoms with van der Waals surface area (Å²) < 4.78 is 67.3. The van der Waals surface area contributed by atoms with Crippen molar-refractivity contribution < 1.29 is 31.0 Å². The van der Waals surface area contributed by atoms with Gasteiger partial charge in [0, 0.05) is 12.6 Å². The van der Waals surface area contributed by atoms with E-state index in [0.717, 1.165) is 0 Å². The Morgan fingerprint density at radius 2 is 1.79 bits per heavy atom. The van der Waals surface area contributed by atoms with Gasteiger partial charge in [-0.15, -0.1) is 0 Å². The highest BCUT2D eigenvalue weighted by molar-refractivity contribution is 7.92. The van der Waals surface area contributed by atoms with Crippen LogP contribution in [-0.2, 0) is 24.6 Å². The average molecular weight is 375 g/mol. The van der Waals surface area contributed by atoms with Gasteiger partial charge < -0.3 is 14.2 Å². The van der Waals surface area contributed by atoms with Crippen LogP contribution in [0.4, 0.5) is 0 Å². The molecule has 3 aliphatic rings. The Morgan fingerprint density at radius 3 is 2.58 bits per heavy atom. The highest BCUT2D eigenvalue weighted by Gasteiger charge is 2.48. The van der Waals surface area contributed by atoms with Crippen LogP contribution in [0.5, 0.6) is 11.5 Å². The van der Waals surface area contributed by atoms with Crippen molar-refractivity contribution in [2.75, 3.05) is 37.9 Å². The molecule has 0 radical (unpaired) electrons. The smallest absolute Gasteiger partial charge is 0.243 e. The number of sulfonamides is 1. The van der Waals surface area contributed by atoms with Gasteiger partial charge in [0.25, 0.3) is 0 Å². The molecular weight excluding hydrogens is 358 g/mol. The molecule has 2 fully saturated rings. The normalized spacial score (nSPS) is 29.2. The fourth-order valence-electron chi connectivity index (χ4n) is 3.30. The number of morpholine rings is 1. The molecule has 10 heteroatoms. The fraction of sp³-hybridized carbons (Fsp3) is 0.571. The summed E-state index contributed by atoms with van der Waals surface area (Å²) in [4.78, 5) is 0.0664. The monoisotopic (exact) mass is 375 g/mol. The van der Waals surface area contributed by atoms with Gasteiger partial charge in [-0.05, 0) is 12.1 Å². The number of sulfone groups is 1. The molecule has 0 saturated carbocycles. The van der Waals surface area contributed by atoms with Gasteiger partial charge in [-0.25, -0.2) is 16.8 Å². The third-order valence-corrected chi connectivity index (χ3v) is 8.01. The second-order valence-corrected chi connectivity index (χ2v) is 10.0. The maximum atomic E-state index is 13.0. The van der Waals surface area contributed by atoms with E-state index in [1.807, 2.05) is 0 Å². The van der Waals surface area contributed by atoms with Crippen LogP contribution in [0.25, 0.3) is 0 Å². The Bertz CT molecular complexity index is 865. The number of hydrogen-bond acceptors (Lipinski definition) is 7. The number of rotatable bonds is 2. The molecule has 0 N–H and O–H groups in total. The van der Waals surface area contributed by atoms with Crippen LogP contribution in [0.15, 0.2) is 23.1 Å². The molecule has 3 heterocycles. The highest BCUT2D eigenvalue weighted by atomic mass is 32.2. The molecule has 2 saturated heterocycles. The third kappa shape index (κ3) is 2.67. The molecule has 24 heavy (non-hydrogen) atoms. The first-order chi connectivity index (χ1) is 11.4. The first kappa shape index (κ1) is 16.1. The standard InChI is InChI=1S/C14H17NO7S2/c16-23(17)8-11-14(9-23)20-4-3-15(11)24(18,19)10-1-2-12-13(7-10)22-6-5-21-12/h1-2,7,11,14H,3-6,8-9H2. The Labute approximate surface area is 140 Å². The van der Waals surface area contributed by atoms with E-state index in [-0.39, 0.29) is 29.6 Å². The van der Waals surface area contributed by atoms with Gasteiger partial charge in [0.05, 0.1) is 35.2 Å². The summed E-state index contributed by atoms with van der Waals surface area (Å²) in [6.45, 7) is 1.09. The van der Waals surface area contributed by atoms with Crippen molar-refractivity contribution in [3.05, 3.63) is 18.2 Å². The van der Waals surface area contributed by atoms with Gasteiger partial charge in [-0.2, -0.15) is 4.31 Å². The van der Waals surface area contributed by atoms with E-state index in [1.165, 1.54) is 16.4 Å². The summed E-state index contributed by atoms with van der Waals surface area (Å²) >= 11 is 0. The van der Waals surface area contributed by atoms with Crippen molar-refractivity contribution in [3.8, 4) is 11.5 Å². The lowest BCUT2D eigenvalue weighted by atomic mass is 10.2. The quantitative estimate of drug-likeness (QED) is 0.696. The summed E-state index contributed by atoms with van der Waals surface area (Å²) in [5.41, 5.74) is 0. The summed E-state index contributed by atoms with van der Waals surface area (Å²) in [6, 6.07) is 3.76. The lowest BCUT2D eigenvalue weighted by molar-refractivity contribution is -0.0141. The molecule has 1 aromatic rings. The number of nitrogens with zero attached hydrogens (tertiary/aromatic N) is 1. The SMILES string of the molecule is O=S1(=O)CC2OCCN(S(=O)(=O)c3ccc4c(c3)OCCO4)C2C1. The van der Waals surface area contributed by atoms with Crippen molar-refractivity contribution in [1.82, 2.24) is 4.31 Å². The van der Waals surface area contributed by atoms with E-state index in [4.69, 9.17) is 14.2 Å². The van der Waals surface area contributed by atoms with Crippen molar-refractivity contribution in [2.45, 2.75) is 17.0 Å². The number of ether oxygens (including phenoxy) is 3. The molecule has 132 valence electrons. The van der Waals surface area contributed by atoms with Crippen LogP contribution in [0, 0.1) is 0 Å². The van der Waals surface area contributed by atoms with Gasteiger partial charge in [0.2, 0.25) is 10.0 Å². The Balaban J connectivity index is 1.69. The van der Waals surface area contributed by atoms with Crippen LogP contribution in [-0.4, -0.2) is 71.2 Å². The second-order valence-electron chi connectivity index (χ2n) is 5.97. The van der Waals surface area contributed by atoms with Crippen LogP contribution >= 0.6 is 0 Å². The lowest BCUT2D eigenvalue weighted by Crippen LogP contribution is -2.53.